The molecule has 1 aliphatic carbocycles. The predicted molar refractivity (Wildman–Crippen MR) is 118 cm³/mol. The highest BCUT2D eigenvalue weighted by Gasteiger charge is 2.30. The van der Waals surface area contributed by atoms with Gasteiger partial charge < -0.3 is 5.32 Å². The van der Waals surface area contributed by atoms with Crippen LogP contribution in [0.1, 0.15) is 18.1 Å². The van der Waals surface area contributed by atoms with Crippen LogP contribution in [0.4, 0.5) is 11.4 Å². The molecule has 0 saturated heterocycles. The Balaban J connectivity index is 1.68. The van der Waals surface area contributed by atoms with Crippen LogP contribution in [0, 0.1) is 0 Å². The SMILES string of the molecule is C[C@H](C(=O)Nc1ccc2c3c(cccc13)CC2)N(c1cccc(Cl)c1)S(C)(=O)=O. The summed E-state index contributed by atoms with van der Waals surface area (Å²) in [6.07, 6.45) is 3.07. The molecule has 1 atom stereocenters. The molecule has 4 rings (SSSR count). The number of anilines is 2. The minimum Gasteiger partial charge on any atom is -0.324 e. The Hall–Kier alpha value is -2.57. The first kappa shape index (κ1) is 19.7. The van der Waals surface area contributed by atoms with Gasteiger partial charge in [0.15, 0.2) is 0 Å². The number of hydrogen-bond acceptors (Lipinski definition) is 3. The fourth-order valence-corrected chi connectivity index (χ4v) is 5.37. The van der Waals surface area contributed by atoms with E-state index in [1.807, 2.05) is 24.3 Å². The third kappa shape index (κ3) is 3.70. The molecule has 1 N–H and O–H groups in total. The Labute approximate surface area is 175 Å². The summed E-state index contributed by atoms with van der Waals surface area (Å²) in [5.74, 6) is -0.408. The van der Waals surface area contributed by atoms with Crippen molar-refractivity contribution in [3.63, 3.8) is 0 Å². The molecule has 0 saturated carbocycles. The van der Waals surface area contributed by atoms with E-state index in [1.54, 1.807) is 25.1 Å². The number of amides is 1. The van der Waals surface area contributed by atoms with Crippen LogP contribution >= 0.6 is 11.6 Å². The van der Waals surface area contributed by atoms with Crippen molar-refractivity contribution in [2.24, 2.45) is 0 Å². The fourth-order valence-electron chi connectivity index (χ4n) is 4.02. The normalized spacial score (nSPS) is 14.0. The number of rotatable bonds is 5. The van der Waals surface area contributed by atoms with E-state index >= 15 is 0 Å². The van der Waals surface area contributed by atoms with Gasteiger partial charge in [-0.1, -0.05) is 41.9 Å². The maximum Gasteiger partial charge on any atom is 0.248 e. The Bertz CT molecular complexity index is 1210. The lowest BCUT2D eigenvalue weighted by molar-refractivity contribution is -0.116. The van der Waals surface area contributed by atoms with Crippen LogP contribution < -0.4 is 9.62 Å². The maximum absolute atomic E-state index is 13.0. The zero-order valence-electron chi connectivity index (χ0n) is 16.1. The number of hydrogen-bond donors (Lipinski definition) is 1. The van der Waals surface area contributed by atoms with Crippen LogP contribution in [0.5, 0.6) is 0 Å². The van der Waals surface area contributed by atoms with Gasteiger partial charge in [0.2, 0.25) is 15.9 Å². The molecule has 0 radical (unpaired) electrons. The molecule has 7 heteroatoms. The second kappa shape index (κ2) is 7.35. The van der Waals surface area contributed by atoms with Crippen LogP contribution in [-0.4, -0.2) is 26.6 Å². The molecule has 0 aromatic heterocycles. The van der Waals surface area contributed by atoms with E-state index in [9.17, 15) is 13.2 Å². The molecule has 5 nitrogen and oxygen atoms in total. The number of nitrogens with zero attached hydrogens (tertiary/aromatic N) is 1. The number of sulfonamides is 1. The summed E-state index contributed by atoms with van der Waals surface area (Å²) in [4.78, 5) is 13.0. The summed E-state index contributed by atoms with van der Waals surface area (Å²) in [5.41, 5.74) is 3.59. The van der Waals surface area contributed by atoms with Crippen molar-refractivity contribution in [3.8, 4) is 0 Å². The highest BCUT2D eigenvalue weighted by Crippen LogP contribution is 2.35. The standard InChI is InChI=1S/C22H21ClN2O3S/c1-14(25(29(2,27)28)18-7-4-6-17(23)13-18)22(26)24-20-12-11-16-10-9-15-5-3-8-19(20)21(15)16/h3-8,11-14H,9-10H2,1-2H3,(H,24,26)/t14-/m1/s1. The van der Waals surface area contributed by atoms with Crippen LogP contribution in [0.15, 0.2) is 54.6 Å². The van der Waals surface area contributed by atoms with Crippen LogP contribution in [0.3, 0.4) is 0 Å². The summed E-state index contributed by atoms with van der Waals surface area (Å²) in [6.45, 7) is 1.57. The molecule has 0 spiro atoms. The zero-order chi connectivity index (χ0) is 20.8. The fraction of sp³-hybridized carbons (Fsp3) is 0.227. The monoisotopic (exact) mass is 428 g/mol. The average Bonchev–Trinajstić information content (AvgIpc) is 3.08. The van der Waals surface area contributed by atoms with E-state index in [0.29, 0.717) is 16.4 Å². The van der Waals surface area contributed by atoms with Gasteiger partial charge in [0.1, 0.15) is 6.04 Å². The molecule has 29 heavy (non-hydrogen) atoms. The minimum atomic E-state index is -3.70. The summed E-state index contributed by atoms with van der Waals surface area (Å²) < 4.78 is 26.0. The van der Waals surface area contributed by atoms with Crippen molar-refractivity contribution >= 4 is 49.7 Å². The summed E-state index contributed by atoms with van der Waals surface area (Å²) in [7, 11) is -3.70. The number of carbonyl (C=O) groups is 1. The molecule has 0 fully saturated rings. The lowest BCUT2D eigenvalue weighted by Crippen LogP contribution is -2.45. The quantitative estimate of drug-likeness (QED) is 0.655. The van der Waals surface area contributed by atoms with Crippen molar-refractivity contribution in [2.45, 2.75) is 25.8 Å². The van der Waals surface area contributed by atoms with E-state index < -0.39 is 22.0 Å². The van der Waals surface area contributed by atoms with Gasteiger partial charge in [-0.05, 0) is 60.5 Å². The van der Waals surface area contributed by atoms with Crippen LogP contribution in [-0.2, 0) is 27.7 Å². The largest absolute Gasteiger partial charge is 0.324 e. The average molecular weight is 429 g/mol. The predicted octanol–water partition coefficient (Wildman–Crippen LogP) is 4.39. The van der Waals surface area contributed by atoms with Gasteiger partial charge >= 0.3 is 0 Å². The number of benzene rings is 3. The number of halogens is 1. The van der Waals surface area contributed by atoms with Crippen LogP contribution in [0.2, 0.25) is 5.02 Å². The lowest BCUT2D eigenvalue weighted by Gasteiger charge is -2.28. The van der Waals surface area contributed by atoms with E-state index in [0.717, 1.165) is 28.8 Å². The van der Waals surface area contributed by atoms with Crippen molar-refractivity contribution < 1.29 is 13.2 Å². The Morgan fingerprint density at radius 3 is 2.45 bits per heavy atom. The Kier molecular flexibility index (Phi) is 5.00. The highest BCUT2D eigenvalue weighted by atomic mass is 35.5. The van der Waals surface area contributed by atoms with E-state index in [2.05, 4.69) is 11.4 Å². The number of carbonyl (C=O) groups excluding carboxylic acids is 1. The first-order valence-corrected chi connectivity index (χ1v) is 11.6. The molecule has 3 aromatic rings. The van der Waals surface area contributed by atoms with Crippen molar-refractivity contribution in [1.82, 2.24) is 0 Å². The number of aryl methyl sites for hydroxylation is 2. The highest BCUT2D eigenvalue weighted by molar-refractivity contribution is 7.92. The van der Waals surface area contributed by atoms with E-state index in [1.165, 1.54) is 22.6 Å². The molecule has 1 aliphatic rings. The molecule has 3 aromatic carbocycles. The summed E-state index contributed by atoms with van der Waals surface area (Å²) in [5, 5.41) is 5.49. The van der Waals surface area contributed by atoms with Gasteiger partial charge in [-0.3, -0.25) is 9.10 Å². The smallest absolute Gasteiger partial charge is 0.248 e. The van der Waals surface area contributed by atoms with Gasteiger partial charge in [0.05, 0.1) is 11.9 Å². The van der Waals surface area contributed by atoms with Gasteiger partial charge in [0, 0.05) is 16.1 Å². The molecular formula is C22H21ClN2O3S. The Morgan fingerprint density at radius 1 is 1.07 bits per heavy atom. The van der Waals surface area contributed by atoms with Gasteiger partial charge in [-0.2, -0.15) is 0 Å². The molecular weight excluding hydrogens is 408 g/mol. The van der Waals surface area contributed by atoms with Crippen molar-refractivity contribution in [2.75, 3.05) is 15.9 Å². The van der Waals surface area contributed by atoms with Crippen molar-refractivity contribution in [1.29, 1.82) is 0 Å². The second-order valence-electron chi connectivity index (χ2n) is 7.32. The Morgan fingerprint density at radius 2 is 1.76 bits per heavy atom. The first-order chi connectivity index (χ1) is 13.8. The van der Waals surface area contributed by atoms with E-state index in [4.69, 9.17) is 11.6 Å². The third-order valence-corrected chi connectivity index (χ3v) is 6.76. The molecule has 0 unspecified atom stereocenters. The molecule has 1 amide bonds. The first-order valence-electron chi connectivity index (χ1n) is 9.35. The van der Waals surface area contributed by atoms with Gasteiger partial charge in [-0.15, -0.1) is 0 Å². The maximum atomic E-state index is 13.0. The third-order valence-electron chi connectivity index (χ3n) is 5.29. The lowest BCUT2D eigenvalue weighted by atomic mass is 10.0. The topological polar surface area (TPSA) is 66.5 Å². The molecule has 0 aliphatic heterocycles. The molecule has 0 heterocycles. The summed E-state index contributed by atoms with van der Waals surface area (Å²) >= 11 is 6.03. The summed E-state index contributed by atoms with van der Waals surface area (Å²) in [6, 6.07) is 15.5. The minimum absolute atomic E-state index is 0.350. The second-order valence-corrected chi connectivity index (χ2v) is 9.61. The molecule has 0 bridgehead atoms. The van der Waals surface area contributed by atoms with Gasteiger partial charge in [-0.25, -0.2) is 8.42 Å². The van der Waals surface area contributed by atoms with Gasteiger partial charge in [0.25, 0.3) is 0 Å². The zero-order valence-corrected chi connectivity index (χ0v) is 17.7. The molecule has 150 valence electrons. The number of nitrogens with one attached hydrogen (secondary N) is 1. The van der Waals surface area contributed by atoms with Crippen LogP contribution in [0.25, 0.3) is 10.8 Å². The van der Waals surface area contributed by atoms with E-state index in [-0.39, 0.29) is 0 Å². The van der Waals surface area contributed by atoms with Crippen molar-refractivity contribution in [3.05, 3.63) is 70.7 Å².